The molecule has 2 aromatic rings. The predicted octanol–water partition coefficient (Wildman–Crippen LogP) is 3.11. The van der Waals surface area contributed by atoms with E-state index >= 15 is 0 Å². The zero-order valence-electron chi connectivity index (χ0n) is 14.9. The van der Waals surface area contributed by atoms with Crippen LogP contribution in [0, 0.1) is 17.0 Å². The fourth-order valence-electron chi connectivity index (χ4n) is 2.63. The molecule has 0 aliphatic carbocycles. The van der Waals surface area contributed by atoms with E-state index in [-0.39, 0.29) is 17.3 Å². The Morgan fingerprint density at radius 1 is 1.32 bits per heavy atom. The van der Waals surface area contributed by atoms with Crippen molar-refractivity contribution in [2.24, 2.45) is 7.05 Å². The summed E-state index contributed by atoms with van der Waals surface area (Å²) in [5.74, 6) is 0. The molecule has 1 atom stereocenters. The molecule has 1 N–H and O–H groups in total. The van der Waals surface area contributed by atoms with E-state index in [0.717, 1.165) is 11.1 Å². The van der Waals surface area contributed by atoms with Crippen LogP contribution < -0.4 is 10.9 Å². The summed E-state index contributed by atoms with van der Waals surface area (Å²) in [5.41, 5.74) is 2.63. The first-order valence-electron chi connectivity index (χ1n) is 8.13. The van der Waals surface area contributed by atoms with Crippen LogP contribution in [0.5, 0.6) is 0 Å². The molecule has 25 heavy (non-hydrogen) atoms. The predicted molar refractivity (Wildman–Crippen MR) is 98.1 cm³/mol. The Labute approximate surface area is 146 Å². The maximum Gasteiger partial charge on any atom is 0.292 e. The minimum Gasteiger partial charge on any atom is -0.380 e. The van der Waals surface area contributed by atoms with E-state index in [1.54, 1.807) is 38.4 Å². The molecular weight excluding hydrogens is 322 g/mol. The molecule has 0 saturated heterocycles. The molecule has 2 rings (SSSR count). The highest BCUT2D eigenvalue weighted by Crippen LogP contribution is 2.31. The van der Waals surface area contributed by atoms with Gasteiger partial charge in [-0.2, -0.15) is 0 Å². The van der Waals surface area contributed by atoms with E-state index in [2.05, 4.69) is 5.32 Å². The summed E-state index contributed by atoms with van der Waals surface area (Å²) >= 11 is 0. The number of nitro benzene ring substituents is 1. The second kappa shape index (κ2) is 7.94. The number of ether oxygens (including phenoxy) is 1. The van der Waals surface area contributed by atoms with Crippen molar-refractivity contribution in [3.63, 3.8) is 0 Å². The summed E-state index contributed by atoms with van der Waals surface area (Å²) < 4.78 is 6.87. The van der Waals surface area contributed by atoms with E-state index in [1.807, 2.05) is 13.8 Å². The highest BCUT2D eigenvalue weighted by molar-refractivity contribution is 5.74. The lowest BCUT2D eigenvalue weighted by Crippen LogP contribution is -2.22. The van der Waals surface area contributed by atoms with E-state index in [0.29, 0.717) is 24.5 Å². The number of nitrogens with zero attached hydrogens (tertiary/aromatic N) is 2. The number of anilines is 1. The number of aromatic nitrogens is 1. The van der Waals surface area contributed by atoms with Crippen molar-refractivity contribution in [3.05, 3.63) is 56.5 Å². The molecule has 7 nitrogen and oxygen atoms in total. The lowest BCUT2D eigenvalue weighted by atomic mass is 10.0. The number of rotatable bonds is 7. The lowest BCUT2D eigenvalue weighted by molar-refractivity contribution is -0.384. The van der Waals surface area contributed by atoms with Crippen molar-refractivity contribution >= 4 is 11.4 Å². The summed E-state index contributed by atoms with van der Waals surface area (Å²) in [6.45, 7) is 6.60. The number of nitrogens with one attached hydrogen (secondary N) is 1. The summed E-state index contributed by atoms with van der Waals surface area (Å²) in [7, 11) is 1.69. The quantitative estimate of drug-likeness (QED) is 0.615. The largest absolute Gasteiger partial charge is 0.380 e. The van der Waals surface area contributed by atoms with Gasteiger partial charge in [-0.3, -0.25) is 14.9 Å². The molecule has 0 spiro atoms. The van der Waals surface area contributed by atoms with Crippen molar-refractivity contribution in [1.29, 1.82) is 0 Å². The van der Waals surface area contributed by atoms with Gasteiger partial charge in [-0.25, -0.2) is 0 Å². The average Bonchev–Trinajstić information content (AvgIpc) is 2.57. The first kappa shape index (κ1) is 18.7. The van der Waals surface area contributed by atoms with Gasteiger partial charge in [-0.05, 0) is 50.1 Å². The number of hydrogen-bond acceptors (Lipinski definition) is 5. The Hall–Kier alpha value is -2.67. The topological polar surface area (TPSA) is 86.4 Å². The molecule has 0 unspecified atom stereocenters. The maximum absolute atomic E-state index is 11.9. The minimum absolute atomic E-state index is 0.00800. The second-order valence-electron chi connectivity index (χ2n) is 6.02. The summed E-state index contributed by atoms with van der Waals surface area (Å²) in [4.78, 5) is 22.8. The fraction of sp³-hybridized carbons (Fsp3) is 0.389. The molecule has 134 valence electrons. The van der Waals surface area contributed by atoms with Gasteiger partial charge in [0.1, 0.15) is 5.69 Å². The monoisotopic (exact) mass is 345 g/mol. The number of nitro groups is 1. The van der Waals surface area contributed by atoms with Gasteiger partial charge in [-0.1, -0.05) is 0 Å². The molecule has 0 amide bonds. The third-order valence-corrected chi connectivity index (χ3v) is 3.86. The number of aryl methyl sites for hydroxylation is 2. The lowest BCUT2D eigenvalue weighted by Gasteiger charge is -2.16. The molecular formula is C18H23N3O4. The van der Waals surface area contributed by atoms with Gasteiger partial charge in [0.2, 0.25) is 0 Å². The maximum atomic E-state index is 11.9. The SMILES string of the molecule is CCOC[C@@H](C)Nc1cc(-c2cc(C)c(=O)n(C)c2)ccc1[N+](=O)[O-]. The van der Waals surface area contributed by atoms with Crippen molar-refractivity contribution in [2.75, 3.05) is 18.5 Å². The number of pyridine rings is 1. The second-order valence-corrected chi connectivity index (χ2v) is 6.02. The van der Waals surface area contributed by atoms with Crippen molar-refractivity contribution in [2.45, 2.75) is 26.8 Å². The Morgan fingerprint density at radius 2 is 2.04 bits per heavy atom. The number of benzene rings is 1. The highest BCUT2D eigenvalue weighted by atomic mass is 16.6. The van der Waals surface area contributed by atoms with Gasteiger partial charge in [0.05, 0.1) is 11.5 Å². The Bertz CT molecular complexity index is 803. The molecule has 0 bridgehead atoms. The Balaban J connectivity index is 2.43. The minimum atomic E-state index is -0.411. The van der Waals surface area contributed by atoms with Crippen LogP contribution in [0.2, 0.25) is 0 Å². The van der Waals surface area contributed by atoms with E-state index < -0.39 is 4.92 Å². The van der Waals surface area contributed by atoms with Gasteiger partial charge in [0.15, 0.2) is 0 Å². The number of hydrogen-bond donors (Lipinski definition) is 1. The first-order chi connectivity index (χ1) is 11.8. The molecule has 7 heteroatoms. The highest BCUT2D eigenvalue weighted by Gasteiger charge is 2.17. The normalized spacial score (nSPS) is 12.0. The first-order valence-corrected chi connectivity index (χ1v) is 8.13. The van der Waals surface area contributed by atoms with Gasteiger partial charge < -0.3 is 14.6 Å². The molecule has 0 saturated carbocycles. The molecule has 0 aliphatic rings. The molecule has 1 aromatic heterocycles. The molecule has 1 heterocycles. The Morgan fingerprint density at radius 3 is 2.64 bits per heavy atom. The van der Waals surface area contributed by atoms with Crippen LogP contribution in [-0.4, -0.2) is 28.7 Å². The van der Waals surface area contributed by atoms with Gasteiger partial charge >= 0.3 is 0 Å². The summed E-state index contributed by atoms with van der Waals surface area (Å²) in [6, 6.07) is 6.62. The van der Waals surface area contributed by atoms with Crippen LogP contribution in [0.4, 0.5) is 11.4 Å². The smallest absolute Gasteiger partial charge is 0.292 e. The summed E-state index contributed by atoms with van der Waals surface area (Å²) in [6.07, 6.45) is 1.73. The van der Waals surface area contributed by atoms with E-state index in [1.165, 1.54) is 10.6 Å². The van der Waals surface area contributed by atoms with Crippen molar-refractivity contribution in [1.82, 2.24) is 4.57 Å². The van der Waals surface area contributed by atoms with Gasteiger partial charge in [-0.15, -0.1) is 0 Å². The van der Waals surface area contributed by atoms with Crippen LogP contribution >= 0.6 is 0 Å². The zero-order valence-corrected chi connectivity index (χ0v) is 14.9. The van der Waals surface area contributed by atoms with Gasteiger partial charge in [0, 0.05) is 37.5 Å². The molecule has 1 aromatic carbocycles. The van der Waals surface area contributed by atoms with Crippen molar-refractivity contribution in [3.8, 4) is 11.1 Å². The van der Waals surface area contributed by atoms with Crippen LogP contribution in [0.15, 0.2) is 35.3 Å². The molecule has 0 aliphatic heterocycles. The van der Waals surface area contributed by atoms with Crippen LogP contribution in [0.3, 0.4) is 0 Å². The molecule has 0 radical (unpaired) electrons. The zero-order chi connectivity index (χ0) is 18.6. The van der Waals surface area contributed by atoms with Crippen LogP contribution in [-0.2, 0) is 11.8 Å². The van der Waals surface area contributed by atoms with Crippen LogP contribution in [0.1, 0.15) is 19.4 Å². The molecule has 0 fully saturated rings. The standard InChI is InChI=1S/C18H23N3O4/c1-5-25-11-13(3)19-16-9-14(6-7-17(16)21(23)24)15-8-12(2)18(22)20(4)10-15/h6-10,13,19H,5,11H2,1-4H3/t13-/m1/s1. The summed E-state index contributed by atoms with van der Waals surface area (Å²) in [5, 5.41) is 14.4. The van der Waals surface area contributed by atoms with E-state index in [9.17, 15) is 14.9 Å². The van der Waals surface area contributed by atoms with Crippen molar-refractivity contribution < 1.29 is 9.66 Å². The Kier molecular flexibility index (Phi) is 5.93. The third-order valence-electron chi connectivity index (χ3n) is 3.86. The fourth-order valence-corrected chi connectivity index (χ4v) is 2.63. The third kappa shape index (κ3) is 4.45. The average molecular weight is 345 g/mol. The van der Waals surface area contributed by atoms with Gasteiger partial charge in [0.25, 0.3) is 11.2 Å². The van der Waals surface area contributed by atoms with E-state index in [4.69, 9.17) is 4.74 Å². The van der Waals surface area contributed by atoms with Crippen LogP contribution in [0.25, 0.3) is 11.1 Å².